The molecule has 10 aromatic carbocycles. The van der Waals surface area contributed by atoms with Gasteiger partial charge >= 0.3 is 0 Å². The van der Waals surface area contributed by atoms with Crippen molar-refractivity contribution in [2.75, 3.05) is 7.05 Å². The standard InChI is InChI=1S/C58H36N4O2/c1-61-57(34-13-3-2-4-14-34)59-56(44-21-11-20-43-42-19-9-10-23-50(42)64-55(43)44)60-58(61)40-25-27-41-39(29-40)26-28-52-53(41)54-47(22-12-24-51(54)63-52)62-48-32-37-17-7-5-15-35(37)30-45(48)46-31-36-16-6-8-18-38(36)33-49(46)62/h2-33,57H,1H3. The van der Waals surface area contributed by atoms with E-state index in [0.717, 1.165) is 93.9 Å². The highest BCUT2D eigenvalue weighted by molar-refractivity contribution is 6.25. The highest BCUT2D eigenvalue weighted by Crippen LogP contribution is 2.43. The van der Waals surface area contributed by atoms with Crippen LogP contribution in [0.2, 0.25) is 0 Å². The lowest BCUT2D eigenvalue weighted by molar-refractivity contribution is 0.383. The zero-order chi connectivity index (χ0) is 42.0. The molecular weight excluding hydrogens is 785 g/mol. The van der Waals surface area contributed by atoms with Crippen LogP contribution in [0.1, 0.15) is 22.9 Å². The van der Waals surface area contributed by atoms with Crippen LogP contribution in [0.15, 0.2) is 213 Å². The molecule has 13 aromatic rings. The highest BCUT2D eigenvalue weighted by atomic mass is 16.3. The predicted octanol–water partition coefficient (Wildman–Crippen LogP) is 14.9. The van der Waals surface area contributed by atoms with E-state index in [1.165, 1.54) is 32.3 Å². The van der Waals surface area contributed by atoms with Crippen LogP contribution in [0, 0.1) is 0 Å². The van der Waals surface area contributed by atoms with Gasteiger partial charge in [-0.2, -0.15) is 0 Å². The molecule has 0 radical (unpaired) electrons. The van der Waals surface area contributed by atoms with Crippen LogP contribution in [0.25, 0.3) is 104 Å². The normalized spacial score (nSPS) is 14.6. The van der Waals surface area contributed by atoms with E-state index in [2.05, 4.69) is 186 Å². The molecule has 0 aliphatic carbocycles. The third-order valence-electron chi connectivity index (χ3n) is 13.4. The third kappa shape index (κ3) is 5.08. The summed E-state index contributed by atoms with van der Waals surface area (Å²) in [5, 5.41) is 13.8. The van der Waals surface area contributed by atoms with E-state index < -0.39 is 0 Å². The summed E-state index contributed by atoms with van der Waals surface area (Å²) in [4.78, 5) is 12.9. The van der Waals surface area contributed by atoms with Crippen molar-refractivity contribution in [2.45, 2.75) is 6.17 Å². The van der Waals surface area contributed by atoms with Crippen LogP contribution in [-0.4, -0.2) is 28.2 Å². The summed E-state index contributed by atoms with van der Waals surface area (Å²) in [5.74, 6) is 1.47. The van der Waals surface area contributed by atoms with Gasteiger partial charge in [0.25, 0.3) is 0 Å². The highest BCUT2D eigenvalue weighted by Gasteiger charge is 2.29. The minimum absolute atomic E-state index is 0.303. The number of aromatic nitrogens is 1. The Morgan fingerprint density at radius 1 is 0.453 bits per heavy atom. The lowest BCUT2D eigenvalue weighted by atomic mass is 9.99. The van der Waals surface area contributed by atoms with Crippen LogP contribution in [0.3, 0.4) is 0 Å². The van der Waals surface area contributed by atoms with Crippen molar-refractivity contribution in [3.8, 4) is 5.69 Å². The molecule has 0 saturated carbocycles. The molecule has 4 heterocycles. The quantitative estimate of drug-likeness (QED) is 0.178. The van der Waals surface area contributed by atoms with Crippen molar-refractivity contribution in [1.82, 2.24) is 9.47 Å². The SMILES string of the molecule is CN1C(c2ccc3c(ccc4oc5cccc(-n6c7cc8ccccc8cc7c7cc8ccccc8cc76)c5c43)c2)=NC(c2cccc3c2oc2ccccc23)=NC1c1ccccc1. The second-order valence-electron chi connectivity index (χ2n) is 17.0. The van der Waals surface area contributed by atoms with Crippen molar-refractivity contribution in [3.05, 3.63) is 211 Å². The molecular formula is C58H36N4O2. The van der Waals surface area contributed by atoms with Gasteiger partial charge in [0.05, 0.1) is 27.7 Å². The first kappa shape index (κ1) is 35.2. The third-order valence-corrected chi connectivity index (χ3v) is 13.4. The summed E-state index contributed by atoms with van der Waals surface area (Å²) in [6.45, 7) is 0. The number of rotatable bonds is 4. The second kappa shape index (κ2) is 13.3. The Kier molecular flexibility index (Phi) is 7.28. The van der Waals surface area contributed by atoms with E-state index in [-0.39, 0.29) is 6.17 Å². The average Bonchev–Trinajstić information content (AvgIpc) is 4.02. The van der Waals surface area contributed by atoms with Gasteiger partial charge in [0, 0.05) is 39.5 Å². The molecule has 1 atom stereocenters. The van der Waals surface area contributed by atoms with Crippen molar-refractivity contribution in [1.29, 1.82) is 0 Å². The lowest BCUT2D eigenvalue weighted by Crippen LogP contribution is -2.35. The van der Waals surface area contributed by atoms with Crippen molar-refractivity contribution in [2.24, 2.45) is 9.98 Å². The fourth-order valence-corrected chi connectivity index (χ4v) is 10.4. The lowest BCUT2D eigenvalue weighted by Gasteiger charge is -2.32. The predicted molar refractivity (Wildman–Crippen MR) is 264 cm³/mol. The van der Waals surface area contributed by atoms with Gasteiger partial charge in [-0.1, -0.05) is 133 Å². The molecule has 0 fully saturated rings. The number of furan rings is 2. The number of hydrogen-bond donors (Lipinski definition) is 0. The Balaban J connectivity index is 0.984. The molecule has 0 N–H and O–H groups in total. The molecule has 1 unspecified atom stereocenters. The first-order valence-corrected chi connectivity index (χ1v) is 21.7. The Hall–Kier alpha value is -8.48. The summed E-state index contributed by atoms with van der Waals surface area (Å²) >= 11 is 0. The molecule has 1 aliphatic heterocycles. The summed E-state index contributed by atoms with van der Waals surface area (Å²) in [5.41, 5.74) is 9.69. The van der Waals surface area contributed by atoms with E-state index in [1.807, 2.05) is 24.3 Å². The molecule has 3 aromatic heterocycles. The fourth-order valence-electron chi connectivity index (χ4n) is 10.4. The van der Waals surface area contributed by atoms with E-state index in [9.17, 15) is 0 Å². The zero-order valence-electron chi connectivity index (χ0n) is 34.7. The Bertz CT molecular complexity index is 4080. The zero-order valence-corrected chi connectivity index (χ0v) is 34.7. The average molecular weight is 821 g/mol. The smallest absolute Gasteiger partial charge is 0.163 e. The van der Waals surface area contributed by atoms with Gasteiger partial charge in [0.15, 0.2) is 5.84 Å². The van der Waals surface area contributed by atoms with Crippen LogP contribution >= 0.6 is 0 Å². The van der Waals surface area contributed by atoms with Gasteiger partial charge in [-0.15, -0.1) is 0 Å². The minimum Gasteiger partial charge on any atom is -0.456 e. The Morgan fingerprint density at radius 3 is 1.86 bits per heavy atom. The van der Waals surface area contributed by atoms with Crippen LogP contribution < -0.4 is 0 Å². The van der Waals surface area contributed by atoms with Crippen molar-refractivity contribution >= 4 is 110 Å². The summed E-state index contributed by atoms with van der Waals surface area (Å²) in [6, 6.07) is 69.0. The van der Waals surface area contributed by atoms with E-state index >= 15 is 0 Å². The number of hydrogen-bond acceptors (Lipinski definition) is 5. The Morgan fingerprint density at radius 2 is 1.09 bits per heavy atom. The van der Waals surface area contributed by atoms with Crippen molar-refractivity contribution in [3.63, 3.8) is 0 Å². The number of amidine groups is 2. The molecule has 14 rings (SSSR count). The maximum Gasteiger partial charge on any atom is 0.163 e. The maximum absolute atomic E-state index is 6.74. The van der Waals surface area contributed by atoms with Gasteiger partial charge in [-0.3, -0.25) is 0 Å². The molecule has 64 heavy (non-hydrogen) atoms. The number of aliphatic imine (C=N–C) groups is 2. The van der Waals surface area contributed by atoms with Gasteiger partial charge < -0.3 is 18.3 Å². The summed E-state index contributed by atoms with van der Waals surface area (Å²) in [6.07, 6.45) is -0.303. The van der Waals surface area contributed by atoms with Crippen LogP contribution in [0.5, 0.6) is 0 Å². The molecule has 0 spiro atoms. The van der Waals surface area contributed by atoms with Crippen LogP contribution in [-0.2, 0) is 0 Å². The largest absolute Gasteiger partial charge is 0.456 e. The molecule has 0 amide bonds. The summed E-state index contributed by atoms with van der Waals surface area (Å²) in [7, 11) is 2.08. The van der Waals surface area contributed by atoms with E-state index in [1.54, 1.807) is 0 Å². The minimum atomic E-state index is -0.303. The van der Waals surface area contributed by atoms with Gasteiger partial charge in [0.2, 0.25) is 0 Å². The Labute approximate surface area is 366 Å². The van der Waals surface area contributed by atoms with E-state index in [4.69, 9.17) is 18.8 Å². The monoisotopic (exact) mass is 820 g/mol. The fraction of sp³-hybridized carbons (Fsp3) is 0.0345. The van der Waals surface area contributed by atoms with Crippen molar-refractivity contribution < 1.29 is 8.83 Å². The first-order valence-electron chi connectivity index (χ1n) is 21.7. The number of para-hydroxylation sites is 2. The van der Waals surface area contributed by atoms with Gasteiger partial charge in [-0.05, 0) is 98.5 Å². The van der Waals surface area contributed by atoms with Gasteiger partial charge in [-0.25, -0.2) is 9.98 Å². The molecule has 6 heteroatoms. The molecule has 6 nitrogen and oxygen atoms in total. The topological polar surface area (TPSA) is 59.2 Å². The molecule has 0 saturated heterocycles. The first-order chi connectivity index (χ1) is 31.6. The van der Waals surface area contributed by atoms with E-state index in [0.29, 0.717) is 5.84 Å². The number of benzene rings is 10. The maximum atomic E-state index is 6.74. The number of nitrogens with zero attached hydrogens (tertiary/aromatic N) is 4. The molecule has 300 valence electrons. The number of fused-ring (bicyclic) bond motifs is 13. The summed E-state index contributed by atoms with van der Waals surface area (Å²) < 4.78 is 15.7. The van der Waals surface area contributed by atoms with Crippen LogP contribution in [0.4, 0.5) is 0 Å². The second-order valence-corrected chi connectivity index (χ2v) is 17.0. The molecule has 1 aliphatic rings. The van der Waals surface area contributed by atoms with Gasteiger partial charge in [0.1, 0.15) is 34.3 Å². The molecule has 0 bridgehead atoms.